The van der Waals surface area contributed by atoms with E-state index in [-0.39, 0.29) is 5.78 Å². The Morgan fingerprint density at radius 3 is 2.53 bits per heavy atom. The number of nitrogens with zero attached hydrogens (tertiary/aromatic N) is 3. The van der Waals surface area contributed by atoms with Crippen LogP contribution >= 0.6 is 11.8 Å². The van der Waals surface area contributed by atoms with E-state index in [1.807, 2.05) is 31.3 Å². The van der Waals surface area contributed by atoms with Crippen LogP contribution in [-0.2, 0) is 17.1 Å². The molecule has 0 bridgehead atoms. The molecule has 2 aromatic carbocycles. The first kappa shape index (κ1) is 22.2. The van der Waals surface area contributed by atoms with Gasteiger partial charge in [-0.15, -0.1) is 10.2 Å². The molecule has 32 heavy (non-hydrogen) atoms. The van der Waals surface area contributed by atoms with Gasteiger partial charge >= 0.3 is 0 Å². The summed E-state index contributed by atoms with van der Waals surface area (Å²) in [5, 5.41) is 8.64. The summed E-state index contributed by atoms with van der Waals surface area (Å²) < 4.78 is 38.6. The molecule has 0 fully saturated rings. The average Bonchev–Trinajstić information content (AvgIpc) is 3.12. The number of hydrogen-bond donors (Lipinski definition) is 1. The standard InChI is InChI=1S/C21H22N4O5S2/c1-13(19(26)14-8-10-15(11-9-14)24-32(3,27)28)31-21-23-22-20(25(21)2)18-12-29-16-6-4-5-7-17(16)30-18/h4-11,13,18,24H,12H2,1-3H3/t13-,18-/m1/s1. The van der Waals surface area contributed by atoms with Gasteiger partial charge in [0.25, 0.3) is 0 Å². The van der Waals surface area contributed by atoms with Crippen LogP contribution in [0.25, 0.3) is 0 Å². The minimum absolute atomic E-state index is 0.100. The van der Waals surface area contributed by atoms with E-state index in [0.717, 1.165) is 6.26 Å². The Morgan fingerprint density at radius 1 is 1.16 bits per heavy atom. The molecule has 168 valence electrons. The minimum Gasteiger partial charge on any atom is -0.485 e. The van der Waals surface area contributed by atoms with Gasteiger partial charge in [-0.25, -0.2) is 8.42 Å². The zero-order valence-corrected chi connectivity index (χ0v) is 19.3. The number of ether oxygens (including phenoxy) is 2. The van der Waals surface area contributed by atoms with Crippen LogP contribution in [-0.4, -0.2) is 47.1 Å². The van der Waals surface area contributed by atoms with Crippen LogP contribution in [0.15, 0.2) is 53.7 Å². The van der Waals surface area contributed by atoms with E-state index in [0.29, 0.717) is 40.3 Å². The lowest BCUT2D eigenvalue weighted by Gasteiger charge is -2.25. The fourth-order valence-corrected chi connectivity index (χ4v) is 4.68. The van der Waals surface area contributed by atoms with Gasteiger partial charge in [-0.2, -0.15) is 0 Å². The van der Waals surface area contributed by atoms with Crippen LogP contribution in [0.2, 0.25) is 0 Å². The van der Waals surface area contributed by atoms with E-state index in [1.165, 1.54) is 11.8 Å². The van der Waals surface area contributed by atoms with Gasteiger partial charge in [0.05, 0.1) is 11.5 Å². The lowest BCUT2D eigenvalue weighted by molar-refractivity contribution is 0.0825. The molecule has 3 aromatic rings. The highest BCUT2D eigenvalue weighted by molar-refractivity contribution is 8.00. The van der Waals surface area contributed by atoms with Crippen molar-refractivity contribution in [2.45, 2.75) is 23.4 Å². The normalized spacial score (nSPS) is 16.4. The van der Waals surface area contributed by atoms with Crippen LogP contribution < -0.4 is 14.2 Å². The maximum atomic E-state index is 12.8. The van der Waals surface area contributed by atoms with Crippen molar-refractivity contribution in [2.24, 2.45) is 7.05 Å². The number of thioether (sulfide) groups is 1. The first-order chi connectivity index (χ1) is 15.2. The third kappa shape index (κ3) is 4.89. The van der Waals surface area contributed by atoms with Crippen LogP contribution in [0.4, 0.5) is 5.69 Å². The Hall–Kier alpha value is -3.05. The van der Waals surface area contributed by atoms with Gasteiger partial charge < -0.3 is 14.0 Å². The molecule has 0 saturated heterocycles. The molecule has 1 aromatic heterocycles. The highest BCUT2D eigenvalue weighted by Gasteiger charge is 2.28. The van der Waals surface area contributed by atoms with Gasteiger partial charge in [-0.3, -0.25) is 9.52 Å². The van der Waals surface area contributed by atoms with Crippen molar-refractivity contribution < 1.29 is 22.7 Å². The number of sulfonamides is 1. The van der Waals surface area contributed by atoms with Crippen molar-refractivity contribution in [1.29, 1.82) is 0 Å². The zero-order valence-electron chi connectivity index (χ0n) is 17.7. The van der Waals surface area contributed by atoms with E-state index in [2.05, 4.69) is 14.9 Å². The van der Waals surface area contributed by atoms with E-state index in [4.69, 9.17) is 9.47 Å². The van der Waals surface area contributed by atoms with Crippen molar-refractivity contribution in [3.8, 4) is 11.5 Å². The largest absolute Gasteiger partial charge is 0.485 e. The molecule has 2 heterocycles. The number of aromatic nitrogens is 3. The molecule has 2 atom stereocenters. The summed E-state index contributed by atoms with van der Waals surface area (Å²) in [6, 6.07) is 13.8. The van der Waals surface area contributed by atoms with Crippen LogP contribution in [0.1, 0.15) is 29.2 Å². The van der Waals surface area contributed by atoms with E-state index in [1.54, 1.807) is 35.8 Å². The first-order valence-corrected chi connectivity index (χ1v) is 12.5. The van der Waals surface area contributed by atoms with Crippen molar-refractivity contribution in [2.75, 3.05) is 17.6 Å². The number of benzene rings is 2. The number of carbonyl (C=O) groups is 1. The predicted octanol–water partition coefficient (Wildman–Crippen LogP) is 3.06. The molecule has 0 radical (unpaired) electrons. The quantitative estimate of drug-likeness (QED) is 0.411. The Labute approximate surface area is 190 Å². The number of rotatable bonds is 7. The predicted molar refractivity (Wildman–Crippen MR) is 121 cm³/mol. The topological polar surface area (TPSA) is 112 Å². The zero-order chi connectivity index (χ0) is 22.9. The maximum absolute atomic E-state index is 12.8. The molecule has 9 nitrogen and oxygen atoms in total. The lowest BCUT2D eigenvalue weighted by Crippen LogP contribution is -2.24. The van der Waals surface area contributed by atoms with Gasteiger partial charge in [0, 0.05) is 18.3 Å². The van der Waals surface area contributed by atoms with Crippen LogP contribution in [0.5, 0.6) is 11.5 Å². The van der Waals surface area contributed by atoms with Crippen LogP contribution in [0.3, 0.4) is 0 Å². The first-order valence-electron chi connectivity index (χ1n) is 9.78. The Bertz CT molecular complexity index is 1240. The molecule has 0 unspecified atom stereocenters. The summed E-state index contributed by atoms with van der Waals surface area (Å²) in [5.74, 6) is 1.85. The second-order valence-electron chi connectivity index (χ2n) is 7.34. The molecular formula is C21H22N4O5S2. The molecule has 0 amide bonds. The van der Waals surface area contributed by atoms with Crippen molar-refractivity contribution in [1.82, 2.24) is 14.8 Å². The Morgan fingerprint density at radius 2 is 1.84 bits per heavy atom. The van der Waals surface area contributed by atoms with Crippen molar-refractivity contribution >= 4 is 33.3 Å². The number of anilines is 1. The van der Waals surface area contributed by atoms with Gasteiger partial charge in [0.1, 0.15) is 6.61 Å². The molecule has 4 rings (SSSR count). The second-order valence-corrected chi connectivity index (χ2v) is 10.4. The Balaban J connectivity index is 1.43. The fraction of sp³-hybridized carbons (Fsp3) is 0.286. The fourth-order valence-electron chi connectivity index (χ4n) is 3.22. The van der Waals surface area contributed by atoms with E-state index in [9.17, 15) is 13.2 Å². The third-order valence-corrected chi connectivity index (χ3v) is 6.53. The number of nitrogens with one attached hydrogen (secondary N) is 1. The summed E-state index contributed by atoms with van der Waals surface area (Å²) in [4.78, 5) is 12.8. The van der Waals surface area contributed by atoms with Gasteiger partial charge in [-0.1, -0.05) is 23.9 Å². The minimum atomic E-state index is -3.37. The molecule has 0 aliphatic carbocycles. The summed E-state index contributed by atoms with van der Waals surface area (Å²) in [6.45, 7) is 2.11. The molecule has 0 saturated carbocycles. The third-order valence-electron chi connectivity index (χ3n) is 4.79. The van der Waals surface area contributed by atoms with Gasteiger partial charge in [-0.05, 0) is 43.3 Å². The highest BCUT2D eigenvalue weighted by Crippen LogP contribution is 2.36. The molecule has 11 heteroatoms. The van der Waals surface area contributed by atoms with Crippen LogP contribution in [0, 0.1) is 0 Å². The summed E-state index contributed by atoms with van der Waals surface area (Å²) in [5.41, 5.74) is 0.880. The van der Waals surface area contributed by atoms with Gasteiger partial charge in [0.2, 0.25) is 10.0 Å². The number of hydrogen-bond acceptors (Lipinski definition) is 8. The van der Waals surface area contributed by atoms with E-state index >= 15 is 0 Å². The lowest BCUT2D eigenvalue weighted by atomic mass is 10.1. The number of fused-ring (bicyclic) bond motifs is 1. The molecule has 1 aliphatic rings. The molecule has 1 aliphatic heterocycles. The van der Waals surface area contributed by atoms with Crippen molar-refractivity contribution in [3.63, 3.8) is 0 Å². The Kier molecular flexibility index (Phi) is 6.11. The number of carbonyl (C=O) groups excluding carboxylic acids is 1. The summed E-state index contributed by atoms with van der Waals surface area (Å²) in [6.07, 6.45) is 0.668. The smallest absolute Gasteiger partial charge is 0.229 e. The molecule has 1 N–H and O–H groups in total. The SMILES string of the molecule is C[C@@H](Sc1nnc([C@H]2COc3ccccc3O2)n1C)C(=O)c1ccc(NS(C)(=O)=O)cc1. The molecular weight excluding hydrogens is 452 g/mol. The second kappa shape index (κ2) is 8.83. The maximum Gasteiger partial charge on any atom is 0.229 e. The van der Waals surface area contributed by atoms with Crippen molar-refractivity contribution in [3.05, 3.63) is 59.9 Å². The average molecular weight is 475 g/mol. The summed E-state index contributed by atoms with van der Waals surface area (Å²) in [7, 11) is -1.55. The number of Topliss-reactive ketones (excluding diaryl/α,β-unsaturated/α-hetero) is 1. The highest BCUT2D eigenvalue weighted by atomic mass is 32.2. The number of para-hydroxylation sites is 2. The number of ketones is 1. The van der Waals surface area contributed by atoms with E-state index < -0.39 is 21.4 Å². The molecule has 0 spiro atoms. The summed E-state index contributed by atoms with van der Waals surface area (Å²) >= 11 is 1.29. The van der Waals surface area contributed by atoms with Gasteiger partial charge in [0.15, 0.2) is 34.4 Å². The monoisotopic (exact) mass is 474 g/mol.